The van der Waals surface area contributed by atoms with Crippen molar-refractivity contribution in [2.75, 3.05) is 6.61 Å². The summed E-state index contributed by atoms with van der Waals surface area (Å²) in [5.41, 5.74) is 6.27. The smallest absolute Gasteiger partial charge is 0.138 e. The second kappa shape index (κ2) is 4.46. The van der Waals surface area contributed by atoms with Crippen LogP contribution in [0.1, 0.15) is 18.0 Å². The monoisotopic (exact) mass is 201 g/mol. The zero-order chi connectivity index (χ0) is 9.84. The Morgan fingerprint density at radius 1 is 1.46 bits per heavy atom. The lowest BCUT2D eigenvalue weighted by Gasteiger charge is -2.12. The summed E-state index contributed by atoms with van der Waals surface area (Å²) in [5, 5.41) is 18.4. The van der Waals surface area contributed by atoms with Crippen molar-refractivity contribution in [2.45, 2.75) is 12.5 Å². The van der Waals surface area contributed by atoms with Gasteiger partial charge in [-0.15, -0.1) is 0 Å². The fourth-order valence-electron chi connectivity index (χ4n) is 1.13. The molecule has 0 fully saturated rings. The third-order valence-corrected chi connectivity index (χ3v) is 2.16. The van der Waals surface area contributed by atoms with Crippen molar-refractivity contribution in [3.8, 4) is 5.75 Å². The van der Waals surface area contributed by atoms with Crippen LogP contribution in [-0.2, 0) is 0 Å². The van der Waals surface area contributed by atoms with E-state index in [0.717, 1.165) is 0 Å². The second-order valence-corrected chi connectivity index (χ2v) is 3.20. The number of aromatic hydroxyl groups is 1. The normalized spacial score (nSPS) is 12.8. The van der Waals surface area contributed by atoms with Crippen LogP contribution in [0.2, 0.25) is 5.02 Å². The van der Waals surface area contributed by atoms with Crippen molar-refractivity contribution in [1.29, 1.82) is 0 Å². The molecule has 0 aliphatic heterocycles. The lowest BCUT2D eigenvalue weighted by Crippen LogP contribution is -2.12. The van der Waals surface area contributed by atoms with E-state index in [0.29, 0.717) is 12.0 Å². The number of halogens is 1. The molecule has 1 aromatic carbocycles. The van der Waals surface area contributed by atoms with Gasteiger partial charge in [0.15, 0.2) is 0 Å². The third kappa shape index (κ3) is 2.34. The quantitative estimate of drug-likeness (QED) is 0.693. The summed E-state index contributed by atoms with van der Waals surface area (Å²) in [5.74, 6) is 0.00474. The van der Waals surface area contributed by atoms with E-state index in [-0.39, 0.29) is 23.4 Å². The van der Waals surface area contributed by atoms with Gasteiger partial charge < -0.3 is 15.9 Å². The van der Waals surface area contributed by atoms with Crippen molar-refractivity contribution < 1.29 is 10.2 Å². The number of nitrogens with two attached hydrogens (primary N) is 1. The predicted molar refractivity (Wildman–Crippen MR) is 51.7 cm³/mol. The lowest BCUT2D eigenvalue weighted by atomic mass is 10.0. The average molecular weight is 202 g/mol. The number of aliphatic hydroxyl groups excluding tert-OH is 1. The zero-order valence-electron chi connectivity index (χ0n) is 7.07. The van der Waals surface area contributed by atoms with Gasteiger partial charge in [0.2, 0.25) is 0 Å². The highest BCUT2D eigenvalue weighted by molar-refractivity contribution is 6.32. The lowest BCUT2D eigenvalue weighted by molar-refractivity contribution is 0.275. The molecule has 0 aliphatic rings. The largest absolute Gasteiger partial charge is 0.506 e. The summed E-state index contributed by atoms with van der Waals surface area (Å²) in [7, 11) is 0. The maximum atomic E-state index is 9.50. The minimum absolute atomic E-state index is 0.00474. The number of para-hydroxylation sites is 1. The molecule has 0 saturated heterocycles. The van der Waals surface area contributed by atoms with Crippen molar-refractivity contribution >= 4 is 11.6 Å². The zero-order valence-corrected chi connectivity index (χ0v) is 7.83. The van der Waals surface area contributed by atoms with Gasteiger partial charge >= 0.3 is 0 Å². The van der Waals surface area contributed by atoms with Crippen LogP contribution in [0.25, 0.3) is 0 Å². The molecule has 3 nitrogen and oxygen atoms in total. The van der Waals surface area contributed by atoms with Gasteiger partial charge in [-0.05, 0) is 12.5 Å². The highest BCUT2D eigenvalue weighted by Crippen LogP contribution is 2.31. The van der Waals surface area contributed by atoms with E-state index in [2.05, 4.69) is 0 Å². The molecule has 72 valence electrons. The average Bonchev–Trinajstić information content (AvgIpc) is 2.10. The molecule has 13 heavy (non-hydrogen) atoms. The van der Waals surface area contributed by atoms with Crippen molar-refractivity contribution in [3.63, 3.8) is 0 Å². The third-order valence-electron chi connectivity index (χ3n) is 1.86. The van der Waals surface area contributed by atoms with Crippen LogP contribution < -0.4 is 5.73 Å². The van der Waals surface area contributed by atoms with Crippen molar-refractivity contribution in [1.82, 2.24) is 0 Å². The molecule has 1 unspecified atom stereocenters. The van der Waals surface area contributed by atoms with Crippen LogP contribution in [0.3, 0.4) is 0 Å². The van der Waals surface area contributed by atoms with Crippen LogP contribution in [0.15, 0.2) is 18.2 Å². The Labute approximate surface area is 81.8 Å². The molecule has 0 aromatic heterocycles. The summed E-state index contributed by atoms with van der Waals surface area (Å²) >= 11 is 5.69. The Morgan fingerprint density at radius 3 is 2.77 bits per heavy atom. The first-order valence-electron chi connectivity index (χ1n) is 4.00. The van der Waals surface area contributed by atoms with E-state index in [1.807, 2.05) is 0 Å². The van der Waals surface area contributed by atoms with Gasteiger partial charge in [0, 0.05) is 18.2 Å². The Balaban J connectivity index is 2.93. The molecule has 1 aromatic rings. The van der Waals surface area contributed by atoms with Crippen LogP contribution in [0.4, 0.5) is 0 Å². The van der Waals surface area contributed by atoms with E-state index < -0.39 is 0 Å². The molecule has 1 atom stereocenters. The molecule has 0 aliphatic carbocycles. The minimum Gasteiger partial charge on any atom is -0.506 e. The first kappa shape index (κ1) is 10.3. The Morgan fingerprint density at radius 2 is 2.15 bits per heavy atom. The van der Waals surface area contributed by atoms with Crippen LogP contribution in [0, 0.1) is 0 Å². The van der Waals surface area contributed by atoms with Gasteiger partial charge in [-0.1, -0.05) is 23.7 Å². The van der Waals surface area contributed by atoms with Crippen molar-refractivity contribution in [3.05, 3.63) is 28.8 Å². The number of rotatable bonds is 3. The van der Waals surface area contributed by atoms with E-state index in [1.54, 1.807) is 18.2 Å². The maximum absolute atomic E-state index is 9.50. The SMILES string of the molecule is NC(CCO)c1cccc(Cl)c1O. The Hall–Kier alpha value is -0.770. The molecule has 0 saturated carbocycles. The van der Waals surface area contributed by atoms with Crippen LogP contribution in [-0.4, -0.2) is 16.8 Å². The van der Waals surface area contributed by atoms with Gasteiger partial charge in [0.1, 0.15) is 5.75 Å². The fraction of sp³-hybridized carbons (Fsp3) is 0.333. The number of hydrogen-bond acceptors (Lipinski definition) is 3. The number of phenols is 1. The molecule has 0 amide bonds. The predicted octanol–water partition coefficient (Wildman–Crippen LogP) is 1.43. The number of phenolic OH excluding ortho intramolecular Hbond substituents is 1. The van der Waals surface area contributed by atoms with E-state index >= 15 is 0 Å². The number of hydrogen-bond donors (Lipinski definition) is 3. The van der Waals surface area contributed by atoms with E-state index in [4.69, 9.17) is 22.4 Å². The molecular weight excluding hydrogens is 190 g/mol. The van der Waals surface area contributed by atoms with Gasteiger partial charge in [-0.2, -0.15) is 0 Å². The van der Waals surface area contributed by atoms with Gasteiger partial charge in [0.05, 0.1) is 5.02 Å². The molecule has 1 rings (SSSR count). The van der Waals surface area contributed by atoms with E-state index in [1.165, 1.54) is 0 Å². The molecule has 0 spiro atoms. The summed E-state index contributed by atoms with van der Waals surface area (Å²) in [4.78, 5) is 0. The molecule has 0 bridgehead atoms. The Kier molecular flexibility index (Phi) is 3.54. The van der Waals surface area contributed by atoms with Crippen LogP contribution in [0.5, 0.6) is 5.75 Å². The number of benzene rings is 1. The second-order valence-electron chi connectivity index (χ2n) is 2.80. The molecule has 0 radical (unpaired) electrons. The first-order valence-corrected chi connectivity index (χ1v) is 4.38. The van der Waals surface area contributed by atoms with Gasteiger partial charge in [-0.25, -0.2) is 0 Å². The molecule has 4 N–H and O–H groups in total. The highest BCUT2D eigenvalue weighted by atomic mass is 35.5. The first-order chi connectivity index (χ1) is 6.16. The summed E-state index contributed by atoms with van der Waals surface area (Å²) < 4.78 is 0. The highest BCUT2D eigenvalue weighted by Gasteiger charge is 2.11. The molecular formula is C9H12ClNO2. The van der Waals surface area contributed by atoms with E-state index in [9.17, 15) is 5.11 Å². The maximum Gasteiger partial charge on any atom is 0.138 e. The summed E-state index contributed by atoms with van der Waals surface area (Å²) in [6.07, 6.45) is 0.411. The fourth-order valence-corrected chi connectivity index (χ4v) is 1.31. The van der Waals surface area contributed by atoms with Gasteiger partial charge in [0.25, 0.3) is 0 Å². The van der Waals surface area contributed by atoms with Gasteiger partial charge in [-0.3, -0.25) is 0 Å². The topological polar surface area (TPSA) is 66.5 Å². The van der Waals surface area contributed by atoms with Crippen molar-refractivity contribution in [2.24, 2.45) is 5.73 Å². The molecule has 4 heteroatoms. The standard InChI is InChI=1S/C9H12ClNO2/c10-7-3-1-2-6(9(7)13)8(11)4-5-12/h1-3,8,12-13H,4-5,11H2. The molecule has 0 heterocycles. The van der Waals surface area contributed by atoms with Crippen LogP contribution >= 0.6 is 11.6 Å². The summed E-state index contributed by atoms with van der Waals surface area (Å²) in [6, 6.07) is 4.63. The Bertz CT molecular complexity index is 291. The summed E-state index contributed by atoms with van der Waals surface area (Å²) in [6.45, 7) is -0.00683. The minimum atomic E-state index is -0.372. The number of aliphatic hydroxyl groups is 1.